The van der Waals surface area contributed by atoms with E-state index in [1.165, 1.54) is 6.92 Å². The lowest BCUT2D eigenvalue weighted by atomic mass is 9.95. The number of ether oxygens (including phenoxy) is 16. The third-order valence-corrected chi connectivity index (χ3v) is 21.2. The van der Waals surface area contributed by atoms with Crippen molar-refractivity contribution in [2.75, 3.05) is 82.5 Å². The Labute approximate surface area is 596 Å². The van der Waals surface area contributed by atoms with E-state index >= 15 is 0 Å². The molecule has 21 fully saturated rings. The predicted molar refractivity (Wildman–Crippen MR) is 333 cm³/mol. The van der Waals surface area contributed by atoms with Crippen LogP contribution in [0.4, 0.5) is 0 Å². The van der Waals surface area contributed by atoms with E-state index in [1.807, 2.05) is 0 Å². The standard InChI is InChI=1S/C60H98O41S2/c1-3-21(52(82)83)16-102-18-29-50-36(73)43(80)59(93-29)98-48-27(14-64)89-55(39(76)32(48)69)95-45-24(11-61)88-54(38(75)31(45)68)96-46-26(13-63)92-58(42(79)35(46)72)101-51-30(19-103-17-22(53(84)85)10-23(67)5-7-87-9-8-86-6-4-20(2)66)94-60(44(81)37(51)74)99-49-28(15-65)90-56(40(77)33(49)70)97-47-25(12-62)91-57(100-50)41(78)34(47)71/h21-22,24-51,54-65,68-81H,3-19H2,1-2H3,(H,82,83)(H,84,85)/t21?,22?,24?,25?,26?,27?,28?,29?,30?,31-,32-,33-,34-,35-,36-,37-,38?,39?,40?,41?,42?,43?,44?,45-,46-,47-,48-,49-,50-,51-,54-,55-,56-,57+,58-,59+,60-/m1/s1. The van der Waals surface area contributed by atoms with Gasteiger partial charge in [-0.05, 0) is 13.3 Å². The molecule has 0 radical (unpaired) electrons. The van der Waals surface area contributed by atoms with Crippen LogP contribution in [0, 0.1) is 11.8 Å². The van der Waals surface area contributed by atoms with E-state index in [0.29, 0.717) is 0 Å². The summed E-state index contributed by atoms with van der Waals surface area (Å²) in [6.45, 7) is -2.28. The lowest BCUT2D eigenvalue weighted by Crippen LogP contribution is -2.68. The number of aliphatic hydroxyl groups is 19. The van der Waals surface area contributed by atoms with Crippen LogP contribution in [0.15, 0.2) is 0 Å². The predicted octanol–water partition coefficient (Wildman–Crippen LogP) is -11.6. The third kappa shape index (κ3) is 21.0. The molecule has 0 aromatic heterocycles. The highest BCUT2D eigenvalue weighted by Gasteiger charge is 2.60. The minimum absolute atomic E-state index is 0.0656. The zero-order valence-electron chi connectivity index (χ0n) is 55.8. The number of carbonyl (C=O) groups is 4. The van der Waals surface area contributed by atoms with Crippen molar-refractivity contribution in [2.24, 2.45) is 11.8 Å². The van der Waals surface area contributed by atoms with E-state index in [2.05, 4.69) is 0 Å². The maximum atomic E-state index is 13.0. The quantitative estimate of drug-likeness (QED) is 0.0340. The van der Waals surface area contributed by atoms with Gasteiger partial charge >= 0.3 is 11.9 Å². The van der Waals surface area contributed by atoms with Crippen LogP contribution in [-0.2, 0) is 95.0 Å². The molecular formula is C60H98O41S2. The molecule has 0 aromatic carbocycles. The van der Waals surface area contributed by atoms with E-state index in [1.54, 1.807) is 6.92 Å². The fourth-order valence-electron chi connectivity index (χ4n) is 12.7. The van der Waals surface area contributed by atoms with Crippen molar-refractivity contribution in [3.05, 3.63) is 0 Å². The molecule has 43 heteroatoms. The summed E-state index contributed by atoms with van der Waals surface area (Å²) in [5.41, 5.74) is 0. The van der Waals surface area contributed by atoms with Crippen molar-refractivity contribution in [1.82, 2.24) is 0 Å². The second-order valence-corrected chi connectivity index (χ2v) is 28.2. The fraction of sp³-hybridized carbons (Fsp3) is 0.933. The summed E-state index contributed by atoms with van der Waals surface area (Å²) in [6.07, 6.45) is -72.7. The number of rotatable bonds is 27. The van der Waals surface area contributed by atoms with Gasteiger partial charge in [0.25, 0.3) is 0 Å². The number of carboxylic acids is 2. The van der Waals surface area contributed by atoms with Gasteiger partial charge in [0, 0.05) is 42.3 Å². The summed E-state index contributed by atoms with van der Waals surface area (Å²) in [5, 5.41) is 237. The van der Waals surface area contributed by atoms with Gasteiger partial charge in [-0.15, -0.1) is 0 Å². The van der Waals surface area contributed by atoms with Crippen LogP contribution >= 0.6 is 23.5 Å². The molecule has 21 aliphatic rings. The Morgan fingerprint density at radius 2 is 0.563 bits per heavy atom. The Bertz CT molecular complexity index is 2610. The van der Waals surface area contributed by atoms with Gasteiger partial charge < -0.3 is 183 Å². The molecule has 21 N–H and O–H groups in total. The first-order valence-corrected chi connectivity index (χ1v) is 35.8. The smallest absolute Gasteiger partial charge is 0.307 e. The Kier molecular flexibility index (Phi) is 33.5. The fourth-order valence-corrected chi connectivity index (χ4v) is 15.2. The maximum Gasteiger partial charge on any atom is 0.307 e. The number of thioether (sulfide) groups is 2. The van der Waals surface area contributed by atoms with Crippen LogP contribution in [0.3, 0.4) is 0 Å². The second-order valence-electron chi connectivity index (χ2n) is 26.0. The van der Waals surface area contributed by atoms with Crippen molar-refractivity contribution in [1.29, 1.82) is 0 Å². The normalized spacial score (nSPS) is 44.9. The molecule has 103 heavy (non-hydrogen) atoms. The topological polar surface area (TPSA) is 641 Å². The van der Waals surface area contributed by atoms with Crippen LogP contribution in [-0.4, -0.2) is 428 Å². The molecule has 16 unspecified atom stereocenters. The molecule has 21 saturated heterocycles. The van der Waals surface area contributed by atoms with E-state index in [9.17, 15) is 126 Å². The van der Waals surface area contributed by atoms with Crippen LogP contribution in [0.5, 0.6) is 0 Å². The molecule has 21 rings (SSSR count). The molecule has 596 valence electrons. The van der Waals surface area contributed by atoms with Crippen LogP contribution in [0.25, 0.3) is 0 Å². The van der Waals surface area contributed by atoms with Crippen molar-refractivity contribution in [2.45, 2.75) is 254 Å². The van der Waals surface area contributed by atoms with Crippen LogP contribution in [0.1, 0.15) is 39.5 Å². The van der Waals surface area contributed by atoms with Crippen molar-refractivity contribution in [3.63, 3.8) is 0 Å². The van der Waals surface area contributed by atoms with Gasteiger partial charge in [-0.3, -0.25) is 19.2 Å². The number of Topliss-reactive ketones (excluding diaryl/α,β-unsaturated/α-hetero) is 2. The van der Waals surface area contributed by atoms with Gasteiger partial charge in [-0.1, -0.05) is 6.92 Å². The van der Waals surface area contributed by atoms with Crippen molar-refractivity contribution in [3.8, 4) is 0 Å². The zero-order valence-corrected chi connectivity index (χ0v) is 57.4. The van der Waals surface area contributed by atoms with E-state index < -0.39 is 290 Å². The molecule has 0 saturated carbocycles. The highest BCUT2D eigenvalue weighted by molar-refractivity contribution is 7.99. The lowest BCUT2D eigenvalue weighted by molar-refractivity contribution is -0.395. The molecule has 37 atom stereocenters. The second kappa shape index (κ2) is 40.0. The minimum Gasteiger partial charge on any atom is -0.481 e. The summed E-state index contributed by atoms with van der Waals surface area (Å²) in [7, 11) is 0. The maximum absolute atomic E-state index is 13.0. The van der Waals surface area contributed by atoms with Gasteiger partial charge in [0.2, 0.25) is 0 Å². The Balaban J connectivity index is 1.08. The number of hydrogen-bond donors (Lipinski definition) is 21. The zero-order chi connectivity index (χ0) is 75.4. The monoisotopic (exact) mass is 1540 g/mol. The molecule has 0 amide bonds. The number of carboxylic acid groups (broad SMARTS) is 2. The van der Waals surface area contributed by atoms with Gasteiger partial charge in [0.15, 0.2) is 44.0 Å². The van der Waals surface area contributed by atoms with Crippen LogP contribution < -0.4 is 0 Å². The molecule has 0 spiro atoms. The van der Waals surface area contributed by atoms with Crippen LogP contribution in [0.2, 0.25) is 0 Å². The first-order valence-electron chi connectivity index (χ1n) is 33.5. The largest absolute Gasteiger partial charge is 0.481 e. The van der Waals surface area contributed by atoms with E-state index in [-0.39, 0.29) is 68.7 Å². The van der Waals surface area contributed by atoms with E-state index in [4.69, 9.17) is 75.8 Å². The molecule has 41 nitrogen and oxygen atoms in total. The average molecular weight is 1540 g/mol. The first-order chi connectivity index (χ1) is 49.0. The summed E-state index contributed by atoms with van der Waals surface area (Å²) in [5.74, 6) is -6.75. The molecule has 21 heterocycles. The van der Waals surface area contributed by atoms with Gasteiger partial charge in [-0.2, -0.15) is 23.5 Å². The lowest BCUT2D eigenvalue weighted by Gasteiger charge is -2.50. The van der Waals surface area contributed by atoms with Gasteiger partial charge in [0.05, 0.1) is 83.5 Å². The van der Waals surface area contributed by atoms with Gasteiger partial charge in [-0.25, -0.2) is 0 Å². The molecular weight excluding hydrogens is 1440 g/mol. The molecule has 0 aromatic rings. The summed E-state index contributed by atoms with van der Waals surface area (Å²) in [6, 6.07) is 0. The number of carbonyl (C=O) groups excluding carboxylic acids is 2. The SMILES string of the molecule is CCC(CSCC1O[C@H]2O[C@@H]3C(CO)O[C@H](O[C@@H]4C(CO)O[C@H](O[C@@H]5C(CO)O[C@H](O[C@@H]6C(CSCC(CC(=O)CCOCCOCCC(C)=O)C(=O)O)O[C@H](O[C@@H]7C(CO)O[C@H](O[C@@H]8C(CO)O[C@@H](O[C@H]1[C@H](O)C2O)C(O)[C@H]8O)C(O)[C@H]7O)C(O)[C@H]6O)C(O)[C@H]5O)C(O)[C@H]4O)C(O)[C@H]3O)C(=O)O. The summed E-state index contributed by atoms with van der Waals surface area (Å²) >= 11 is 1.73. The highest BCUT2D eigenvalue weighted by Crippen LogP contribution is 2.40. The summed E-state index contributed by atoms with van der Waals surface area (Å²) in [4.78, 5) is 48.8. The van der Waals surface area contributed by atoms with E-state index in [0.717, 1.165) is 23.5 Å². The first kappa shape index (κ1) is 86.2. The number of aliphatic carboxylic acids is 2. The van der Waals surface area contributed by atoms with Crippen molar-refractivity contribution >= 4 is 47.0 Å². The van der Waals surface area contributed by atoms with Gasteiger partial charge in [0.1, 0.15) is 170 Å². The molecule has 21 aliphatic heterocycles. The Morgan fingerprint density at radius 3 is 0.796 bits per heavy atom. The average Bonchev–Trinajstić information content (AvgIpc) is 0.785. The molecule has 14 bridgehead atoms. The summed E-state index contributed by atoms with van der Waals surface area (Å²) < 4.78 is 93.4. The molecule has 0 aliphatic carbocycles. The minimum atomic E-state index is -2.31. The number of hydrogen-bond acceptors (Lipinski definition) is 41. The Morgan fingerprint density at radius 1 is 0.330 bits per heavy atom. The Hall–Kier alpha value is -2.42. The number of ketones is 2. The van der Waals surface area contributed by atoms with Crippen molar-refractivity contribution < 1.29 is 202 Å². The number of aliphatic hydroxyl groups excluding tert-OH is 19. The highest BCUT2D eigenvalue weighted by atomic mass is 32.2. The third-order valence-electron chi connectivity index (χ3n) is 18.8.